The maximum absolute atomic E-state index is 14.8. The Balaban J connectivity index is 1.45. The lowest BCUT2D eigenvalue weighted by atomic mass is 9.76. The summed E-state index contributed by atoms with van der Waals surface area (Å²) in [5, 5.41) is 3.47. The van der Waals surface area contributed by atoms with E-state index in [2.05, 4.69) is 25.3 Å². The van der Waals surface area contributed by atoms with E-state index in [-0.39, 0.29) is 29.4 Å². The number of piperidine rings is 2. The first kappa shape index (κ1) is 19.5. The number of halogens is 1. The molecule has 8 heteroatoms. The summed E-state index contributed by atoms with van der Waals surface area (Å²) in [5.41, 5.74) is 1.31. The Morgan fingerprint density at radius 3 is 2.68 bits per heavy atom. The van der Waals surface area contributed by atoms with Gasteiger partial charge in [-0.05, 0) is 50.3 Å². The van der Waals surface area contributed by atoms with Crippen molar-refractivity contribution in [2.75, 3.05) is 11.9 Å². The van der Waals surface area contributed by atoms with Crippen LogP contribution in [0.1, 0.15) is 35.3 Å². The normalized spacial score (nSPS) is 22.4. The Kier molecular flexibility index (Phi) is 5.05. The first-order valence-corrected chi connectivity index (χ1v) is 10.5. The smallest absolute Gasteiger partial charge is 0.255 e. The molecular formula is C23H23FN6O. The predicted molar refractivity (Wildman–Crippen MR) is 114 cm³/mol. The summed E-state index contributed by atoms with van der Waals surface area (Å²) in [7, 11) is 0. The minimum Gasteiger partial charge on any atom is -0.364 e. The number of nitrogens with one attached hydrogen (secondary N) is 1. The molecule has 7 nitrogen and oxygen atoms in total. The van der Waals surface area contributed by atoms with Gasteiger partial charge in [0, 0.05) is 25.0 Å². The number of anilines is 1. The van der Waals surface area contributed by atoms with Crippen LogP contribution in [0.15, 0.2) is 49.1 Å². The summed E-state index contributed by atoms with van der Waals surface area (Å²) < 4.78 is 14.8. The Morgan fingerprint density at radius 2 is 1.94 bits per heavy atom. The molecule has 0 spiro atoms. The summed E-state index contributed by atoms with van der Waals surface area (Å²) in [6, 6.07) is 6.32. The van der Waals surface area contributed by atoms with E-state index in [9.17, 15) is 9.18 Å². The fourth-order valence-electron chi connectivity index (χ4n) is 4.75. The van der Waals surface area contributed by atoms with Crippen molar-refractivity contribution in [3.05, 3.63) is 66.1 Å². The van der Waals surface area contributed by atoms with Gasteiger partial charge in [0.1, 0.15) is 11.6 Å². The van der Waals surface area contributed by atoms with Crippen LogP contribution in [0, 0.1) is 18.7 Å². The van der Waals surface area contributed by atoms with Crippen molar-refractivity contribution >= 4 is 11.7 Å². The van der Waals surface area contributed by atoms with E-state index in [1.54, 1.807) is 43.0 Å². The SMILES string of the molecule is Cc1cnc(NC2CC3CCC2N(C(=O)c2cccc(F)c2-c2ncccn2)C3)cn1. The third-order valence-corrected chi connectivity index (χ3v) is 6.19. The molecule has 6 rings (SSSR count). The third kappa shape index (κ3) is 3.73. The molecule has 1 N–H and O–H groups in total. The largest absolute Gasteiger partial charge is 0.364 e. The molecule has 4 heterocycles. The molecule has 2 saturated heterocycles. The highest BCUT2D eigenvalue weighted by Gasteiger charge is 2.43. The second kappa shape index (κ2) is 8.02. The lowest BCUT2D eigenvalue weighted by molar-refractivity contribution is 0.0282. The number of amides is 1. The first-order chi connectivity index (χ1) is 15.1. The van der Waals surface area contributed by atoms with Crippen LogP contribution in [0.25, 0.3) is 11.4 Å². The van der Waals surface area contributed by atoms with Gasteiger partial charge in [-0.1, -0.05) is 6.07 Å². The molecule has 3 aliphatic rings. The summed E-state index contributed by atoms with van der Waals surface area (Å²) >= 11 is 0. The molecule has 158 valence electrons. The molecule has 1 aliphatic carbocycles. The van der Waals surface area contributed by atoms with Gasteiger partial charge in [0.15, 0.2) is 5.82 Å². The van der Waals surface area contributed by atoms with Gasteiger partial charge in [0.2, 0.25) is 0 Å². The second-order valence-corrected chi connectivity index (χ2v) is 8.23. The molecule has 2 bridgehead atoms. The van der Waals surface area contributed by atoms with E-state index in [1.807, 2.05) is 11.8 Å². The van der Waals surface area contributed by atoms with Gasteiger partial charge in [-0.15, -0.1) is 0 Å². The van der Waals surface area contributed by atoms with E-state index in [1.165, 1.54) is 6.07 Å². The number of hydrogen-bond donors (Lipinski definition) is 1. The van der Waals surface area contributed by atoms with E-state index < -0.39 is 5.82 Å². The maximum Gasteiger partial charge on any atom is 0.255 e. The van der Waals surface area contributed by atoms with Crippen LogP contribution >= 0.6 is 0 Å². The summed E-state index contributed by atoms with van der Waals surface area (Å²) in [6.45, 7) is 2.57. The Morgan fingerprint density at radius 1 is 1.10 bits per heavy atom. The van der Waals surface area contributed by atoms with Crippen molar-refractivity contribution in [2.24, 2.45) is 5.92 Å². The quantitative estimate of drug-likeness (QED) is 0.698. The zero-order valence-electron chi connectivity index (χ0n) is 17.2. The highest BCUT2D eigenvalue weighted by molar-refractivity contribution is 6.00. The number of carbonyl (C=O) groups excluding carboxylic acids is 1. The number of hydrogen-bond acceptors (Lipinski definition) is 6. The van der Waals surface area contributed by atoms with Crippen LogP contribution in [0.3, 0.4) is 0 Å². The topological polar surface area (TPSA) is 83.9 Å². The summed E-state index contributed by atoms with van der Waals surface area (Å²) in [4.78, 5) is 32.6. The van der Waals surface area contributed by atoms with Crippen molar-refractivity contribution in [3.8, 4) is 11.4 Å². The van der Waals surface area contributed by atoms with Gasteiger partial charge < -0.3 is 10.2 Å². The number of nitrogens with zero attached hydrogens (tertiary/aromatic N) is 5. The number of benzene rings is 1. The van der Waals surface area contributed by atoms with Crippen molar-refractivity contribution in [2.45, 2.75) is 38.3 Å². The van der Waals surface area contributed by atoms with E-state index in [0.29, 0.717) is 23.8 Å². The van der Waals surface area contributed by atoms with Crippen molar-refractivity contribution in [1.29, 1.82) is 0 Å². The number of aromatic nitrogens is 4. The summed E-state index contributed by atoms with van der Waals surface area (Å²) in [6.07, 6.45) is 9.51. The van der Waals surface area contributed by atoms with E-state index in [0.717, 1.165) is 25.0 Å². The van der Waals surface area contributed by atoms with Gasteiger partial charge in [0.05, 0.1) is 35.3 Å². The lowest BCUT2D eigenvalue weighted by Crippen LogP contribution is -2.59. The monoisotopic (exact) mass is 418 g/mol. The minimum atomic E-state index is -0.496. The lowest BCUT2D eigenvalue weighted by Gasteiger charge is -2.50. The third-order valence-electron chi connectivity index (χ3n) is 6.19. The molecule has 3 unspecified atom stereocenters. The Bertz CT molecular complexity index is 1090. The van der Waals surface area contributed by atoms with Gasteiger partial charge >= 0.3 is 0 Å². The Hall–Kier alpha value is -3.42. The van der Waals surface area contributed by atoms with Crippen molar-refractivity contribution in [3.63, 3.8) is 0 Å². The molecule has 31 heavy (non-hydrogen) atoms. The number of rotatable bonds is 4. The molecule has 3 atom stereocenters. The van der Waals surface area contributed by atoms with Crippen LogP contribution < -0.4 is 5.32 Å². The van der Waals surface area contributed by atoms with Crippen LogP contribution in [-0.4, -0.2) is 49.4 Å². The van der Waals surface area contributed by atoms with Crippen LogP contribution in [0.5, 0.6) is 0 Å². The van der Waals surface area contributed by atoms with E-state index >= 15 is 0 Å². The predicted octanol–water partition coefficient (Wildman–Crippen LogP) is 3.49. The van der Waals surface area contributed by atoms with E-state index in [4.69, 9.17) is 0 Å². The van der Waals surface area contributed by atoms with Gasteiger partial charge in [0.25, 0.3) is 5.91 Å². The van der Waals surface area contributed by atoms with Crippen LogP contribution in [0.2, 0.25) is 0 Å². The summed E-state index contributed by atoms with van der Waals surface area (Å²) in [5.74, 6) is 0.646. The molecule has 2 aromatic heterocycles. The fraction of sp³-hybridized carbons (Fsp3) is 0.348. The zero-order valence-corrected chi connectivity index (χ0v) is 17.2. The molecule has 2 aliphatic heterocycles. The molecular weight excluding hydrogens is 395 g/mol. The zero-order chi connectivity index (χ0) is 21.4. The van der Waals surface area contributed by atoms with Gasteiger partial charge in [-0.25, -0.2) is 19.3 Å². The molecule has 3 aromatic rings. The fourth-order valence-corrected chi connectivity index (χ4v) is 4.75. The van der Waals surface area contributed by atoms with Crippen LogP contribution in [-0.2, 0) is 0 Å². The number of aryl methyl sites for hydroxylation is 1. The molecule has 3 fully saturated rings. The van der Waals surface area contributed by atoms with Crippen molar-refractivity contribution < 1.29 is 9.18 Å². The second-order valence-electron chi connectivity index (χ2n) is 8.23. The Labute approximate surface area is 179 Å². The van der Waals surface area contributed by atoms with Gasteiger partial charge in [-0.3, -0.25) is 9.78 Å². The molecule has 0 radical (unpaired) electrons. The van der Waals surface area contributed by atoms with Crippen molar-refractivity contribution in [1.82, 2.24) is 24.8 Å². The average molecular weight is 418 g/mol. The highest BCUT2D eigenvalue weighted by Crippen LogP contribution is 2.38. The number of carbonyl (C=O) groups is 1. The average Bonchev–Trinajstić information content (AvgIpc) is 2.81. The first-order valence-electron chi connectivity index (χ1n) is 10.5. The number of fused-ring (bicyclic) bond motifs is 3. The standard InChI is InChI=1S/C23H23FN6O/c1-14-11-28-20(12-27-14)29-18-10-15-6-7-19(18)30(13-15)23(31)16-4-2-5-17(24)21(16)22-25-8-3-9-26-22/h2-5,8-9,11-12,15,18-19H,6-7,10,13H2,1H3,(H,28,29). The van der Waals surface area contributed by atoms with Crippen LogP contribution in [0.4, 0.5) is 10.2 Å². The minimum absolute atomic E-state index is 0.00779. The molecule has 1 amide bonds. The highest BCUT2D eigenvalue weighted by atomic mass is 19.1. The molecule has 1 aromatic carbocycles. The maximum atomic E-state index is 14.8. The molecule has 1 saturated carbocycles. The van der Waals surface area contributed by atoms with Gasteiger partial charge in [-0.2, -0.15) is 0 Å².